The highest BCUT2D eigenvalue weighted by atomic mass is 32.1. The largest absolute Gasteiger partial charge is 0.508 e. The van der Waals surface area contributed by atoms with Crippen LogP contribution in [0.3, 0.4) is 0 Å². The van der Waals surface area contributed by atoms with Gasteiger partial charge >= 0.3 is 18.1 Å². The number of likely N-dealkylation sites (tertiary alicyclic amines) is 1. The number of carbonyl (C=O) groups is 3. The van der Waals surface area contributed by atoms with E-state index in [-0.39, 0.29) is 6.10 Å². The highest BCUT2D eigenvalue weighted by molar-refractivity contribution is 7.17. The Morgan fingerprint density at radius 1 is 1.09 bits per heavy atom. The third-order valence-corrected chi connectivity index (χ3v) is 5.61. The number of ether oxygens (including phenoxy) is 4. The molecule has 1 aromatic carbocycles. The van der Waals surface area contributed by atoms with Crippen molar-refractivity contribution in [2.45, 2.75) is 32.8 Å². The Balaban J connectivity index is 0.000000414. The number of benzene rings is 1. The zero-order valence-electron chi connectivity index (χ0n) is 19.0. The summed E-state index contributed by atoms with van der Waals surface area (Å²) in [6, 6.07) is 8.67. The molecule has 1 N–H and O–H groups in total. The summed E-state index contributed by atoms with van der Waals surface area (Å²) in [6.07, 6.45) is 0.929. The molecule has 2 heterocycles. The van der Waals surface area contributed by atoms with Gasteiger partial charge in [-0.15, -0.1) is 11.3 Å². The maximum Gasteiger partial charge on any atom is 0.508 e. The van der Waals surface area contributed by atoms with Gasteiger partial charge in [0.25, 0.3) is 0 Å². The average Bonchev–Trinajstić information content (AvgIpc) is 3.22. The maximum atomic E-state index is 10.9. The van der Waals surface area contributed by atoms with Gasteiger partial charge in [0.2, 0.25) is 0 Å². The number of nitrogens with zero attached hydrogens (tertiary/aromatic N) is 1. The van der Waals surface area contributed by atoms with Crippen LogP contribution in [0.25, 0.3) is 10.1 Å². The predicted molar refractivity (Wildman–Crippen MR) is 124 cm³/mol. The molecule has 33 heavy (non-hydrogen) atoms. The predicted octanol–water partition coefficient (Wildman–Crippen LogP) is 3.34. The fourth-order valence-electron chi connectivity index (χ4n) is 3.11. The minimum atomic E-state index is -1.54. The first-order chi connectivity index (χ1) is 15.9. The van der Waals surface area contributed by atoms with Crippen molar-refractivity contribution < 1.29 is 38.4 Å². The lowest BCUT2D eigenvalue weighted by molar-refractivity contribution is -0.172. The van der Waals surface area contributed by atoms with Crippen molar-refractivity contribution in [1.29, 1.82) is 0 Å². The van der Waals surface area contributed by atoms with Crippen LogP contribution in [0.5, 0.6) is 0 Å². The van der Waals surface area contributed by atoms with E-state index in [2.05, 4.69) is 44.0 Å². The summed E-state index contributed by atoms with van der Waals surface area (Å²) in [4.78, 5) is 33.6. The summed E-state index contributed by atoms with van der Waals surface area (Å²) >= 11 is 1.75. The van der Waals surface area contributed by atoms with Gasteiger partial charge in [0.15, 0.2) is 0 Å². The number of hydrogen-bond acceptors (Lipinski definition) is 9. The summed E-state index contributed by atoms with van der Waals surface area (Å²) < 4.78 is 20.6. The molecule has 0 bridgehead atoms. The monoisotopic (exact) mass is 481 g/mol. The van der Waals surface area contributed by atoms with Crippen LogP contribution in [0.4, 0.5) is 4.79 Å². The number of fused-ring (bicyclic) bond motifs is 1. The van der Waals surface area contributed by atoms with E-state index in [1.165, 1.54) is 15.6 Å². The fraction of sp³-hybridized carbons (Fsp3) is 0.522. The number of esters is 1. The van der Waals surface area contributed by atoms with Crippen LogP contribution >= 0.6 is 11.3 Å². The van der Waals surface area contributed by atoms with Crippen LogP contribution in [0.1, 0.15) is 25.8 Å². The topological polar surface area (TPSA) is 112 Å². The minimum absolute atomic E-state index is 0.295. The van der Waals surface area contributed by atoms with Crippen LogP contribution in [0.15, 0.2) is 29.6 Å². The average molecular weight is 482 g/mol. The van der Waals surface area contributed by atoms with E-state index in [1.807, 2.05) is 0 Å². The van der Waals surface area contributed by atoms with Gasteiger partial charge in [-0.05, 0) is 55.2 Å². The molecular weight excluding hydrogens is 450 g/mol. The first-order valence-electron chi connectivity index (χ1n) is 10.9. The fourth-order valence-corrected chi connectivity index (χ4v) is 3.88. The second kappa shape index (κ2) is 14.5. The lowest BCUT2D eigenvalue weighted by Crippen LogP contribution is -2.53. The molecule has 0 atom stereocenters. The smallest absolute Gasteiger partial charge is 0.473 e. The molecule has 0 spiro atoms. The van der Waals surface area contributed by atoms with Crippen LogP contribution in [-0.4, -0.2) is 80.3 Å². The van der Waals surface area contributed by atoms with Crippen molar-refractivity contribution in [1.82, 2.24) is 4.90 Å². The lowest BCUT2D eigenvalue weighted by Gasteiger charge is -2.37. The van der Waals surface area contributed by atoms with Crippen LogP contribution in [0.2, 0.25) is 0 Å². The van der Waals surface area contributed by atoms with Gasteiger partial charge in [-0.2, -0.15) is 0 Å². The number of aliphatic carboxylic acids is 1. The molecule has 10 heteroatoms. The molecule has 1 aliphatic rings. The van der Waals surface area contributed by atoms with Gasteiger partial charge in [0.05, 0.1) is 19.8 Å². The molecular formula is C23H31NO8S. The number of thiophene rings is 1. The summed E-state index contributed by atoms with van der Waals surface area (Å²) in [7, 11) is 0. The number of carboxylic acids is 1. The summed E-state index contributed by atoms with van der Waals surface area (Å²) in [5.74, 6) is -2.71. The molecule has 182 valence electrons. The first kappa shape index (κ1) is 26.6. The van der Waals surface area contributed by atoms with Gasteiger partial charge in [0, 0.05) is 30.9 Å². The molecule has 1 fully saturated rings. The SMILES string of the molecule is CCOC(=O)OCC.O=C(O)C(=O)OC1CN(CCCOCCc2ccc3sccc3c2)C1. The molecule has 1 aromatic heterocycles. The normalized spacial score (nSPS) is 13.5. The molecule has 1 aliphatic heterocycles. The van der Waals surface area contributed by atoms with E-state index in [1.54, 1.807) is 25.2 Å². The van der Waals surface area contributed by atoms with Crippen LogP contribution < -0.4 is 0 Å². The number of carbonyl (C=O) groups excluding carboxylic acids is 2. The Labute approximate surface area is 197 Å². The van der Waals surface area contributed by atoms with Gasteiger partial charge in [-0.25, -0.2) is 14.4 Å². The molecule has 0 unspecified atom stereocenters. The van der Waals surface area contributed by atoms with Crippen molar-refractivity contribution >= 4 is 39.5 Å². The quantitative estimate of drug-likeness (QED) is 0.310. The molecule has 9 nitrogen and oxygen atoms in total. The van der Waals surface area contributed by atoms with Gasteiger partial charge in [-0.1, -0.05) is 12.1 Å². The van der Waals surface area contributed by atoms with Crippen LogP contribution in [0, 0.1) is 0 Å². The molecule has 0 amide bonds. The molecule has 3 rings (SSSR count). The zero-order valence-corrected chi connectivity index (χ0v) is 19.8. The minimum Gasteiger partial charge on any atom is -0.473 e. The molecule has 0 aliphatic carbocycles. The highest BCUT2D eigenvalue weighted by Crippen LogP contribution is 2.22. The van der Waals surface area contributed by atoms with E-state index in [0.29, 0.717) is 39.5 Å². The summed E-state index contributed by atoms with van der Waals surface area (Å²) in [5, 5.41) is 11.9. The standard InChI is InChI=1S/C18H21NO5S.C5H10O3/c20-17(21)18(22)24-15-11-19(12-15)6-1-7-23-8-4-13-2-3-16-14(10-13)5-9-25-16;1-3-7-5(6)8-4-2/h2-3,5,9-10,15H,1,4,6-8,11-12H2,(H,20,21);3-4H2,1-2H3. The van der Waals surface area contributed by atoms with E-state index >= 15 is 0 Å². The number of rotatable bonds is 10. The van der Waals surface area contributed by atoms with Crippen molar-refractivity contribution in [3.63, 3.8) is 0 Å². The van der Waals surface area contributed by atoms with Crippen molar-refractivity contribution in [3.05, 3.63) is 35.2 Å². The second-order valence-corrected chi connectivity index (χ2v) is 8.16. The Hall–Kier alpha value is -2.69. The molecule has 0 saturated carbocycles. The molecule has 2 aromatic rings. The summed E-state index contributed by atoms with van der Waals surface area (Å²) in [6.45, 7) is 7.66. The van der Waals surface area contributed by atoms with Gasteiger partial charge in [-0.3, -0.25) is 4.90 Å². The summed E-state index contributed by atoms with van der Waals surface area (Å²) in [5.41, 5.74) is 1.29. The van der Waals surface area contributed by atoms with E-state index in [0.717, 1.165) is 19.4 Å². The first-order valence-corrected chi connectivity index (χ1v) is 11.8. The van der Waals surface area contributed by atoms with Gasteiger partial charge in [0.1, 0.15) is 6.10 Å². The third-order valence-electron chi connectivity index (χ3n) is 4.71. The van der Waals surface area contributed by atoms with Crippen molar-refractivity contribution in [2.75, 3.05) is 46.1 Å². The highest BCUT2D eigenvalue weighted by Gasteiger charge is 2.31. The van der Waals surface area contributed by atoms with Crippen molar-refractivity contribution in [2.24, 2.45) is 0 Å². The van der Waals surface area contributed by atoms with Crippen molar-refractivity contribution in [3.8, 4) is 0 Å². The molecule has 1 saturated heterocycles. The third kappa shape index (κ3) is 9.77. The Kier molecular flexibility index (Phi) is 11.6. The van der Waals surface area contributed by atoms with Gasteiger partial charge < -0.3 is 24.1 Å². The van der Waals surface area contributed by atoms with E-state index in [9.17, 15) is 14.4 Å². The van der Waals surface area contributed by atoms with Crippen LogP contribution in [-0.2, 0) is 35.0 Å². The molecule has 0 radical (unpaired) electrons. The Bertz CT molecular complexity index is 885. The van der Waals surface area contributed by atoms with E-state index < -0.39 is 18.1 Å². The number of carboxylic acid groups (broad SMARTS) is 1. The Morgan fingerprint density at radius 2 is 1.82 bits per heavy atom. The maximum absolute atomic E-state index is 10.9. The van der Waals surface area contributed by atoms with E-state index in [4.69, 9.17) is 14.6 Å². The Morgan fingerprint density at radius 3 is 2.48 bits per heavy atom. The second-order valence-electron chi connectivity index (χ2n) is 7.22. The lowest BCUT2D eigenvalue weighted by atomic mass is 10.1. The zero-order chi connectivity index (χ0) is 24.1. The number of hydrogen-bond donors (Lipinski definition) is 1.